The quantitative estimate of drug-likeness (QED) is 0.180. The van der Waals surface area contributed by atoms with Gasteiger partial charge in [-0.3, -0.25) is 9.98 Å². The van der Waals surface area contributed by atoms with E-state index in [0.717, 1.165) is 22.8 Å². The van der Waals surface area contributed by atoms with Gasteiger partial charge in [-0.1, -0.05) is 133 Å². The Morgan fingerprint density at radius 1 is 0.595 bits per heavy atom. The number of para-hydroxylation sites is 2. The second-order valence-electron chi connectivity index (χ2n) is 14.4. The van der Waals surface area contributed by atoms with Gasteiger partial charge in [0.25, 0.3) is 0 Å². The topological polar surface area (TPSA) is 38.8 Å². The van der Waals surface area contributed by atoms with Crippen LogP contribution in [0.15, 0.2) is 46.4 Å². The zero-order valence-corrected chi connectivity index (χ0v) is 31.3. The summed E-state index contributed by atoms with van der Waals surface area (Å²) in [5.74, 6) is 1.65. The van der Waals surface area contributed by atoms with Gasteiger partial charge in [-0.15, -0.1) is 13.1 Å². The van der Waals surface area contributed by atoms with Gasteiger partial charge >= 0.3 is 33.3 Å². The van der Waals surface area contributed by atoms with Crippen molar-refractivity contribution in [2.45, 2.75) is 121 Å². The molecule has 6 heteroatoms. The third-order valence-corrected chi connectivity index (χ3v) is 7.43. The summed E-state index contributed by atoms with van der Waals surface area (Å²) in [5, 5.41) is 5.13. The van der Waals surface area contributed by atoms with Crippen molar-refractivity contribution in [3.8, 4) is 0 Å². The molecule has 0 aromatic heterocycles. The van der Waals surface area contributed by atoms with E-state index in [1.165, 1.54) is 22.3 Å². The second kappa shape index (κ2) is 17.4. The van der Waals surface area contributed by atoms with Gasteiger partial charge < -0.3 is 5.32 Å². The van der Waals surface area contributed by atoms with Crippen molar-refractivity contribution in [1.29, 1.82) is 0 Å². The average Bonchev–Trinajstić information content (AvgIpc) is 2.86. The molecule has 0 aliphatic heterocycles. The van der Waals surface area contributed by atoms with Crippen LogP contribution in [0.25, 0.3) is 5.32 Å². The first-order chi connectivity index (χ1) is 19.4. The van der Waals surface area contributed by atoms with Crippen LogP contribution in [0.1, 0.15) is 143 Å². The summed E-state index contributed by atoms with van der Waals surface area (Å²) >= 11 is 0.194. The Morgan fingerprint density at radius 2 is 0.833 bits per heavy atom. The van der Waals surface area contributed by atoms with Gasteiger partial charge in [-0.05, 0) is 56.8 Å². The van der Waals surface area contributed by atoms with Crippen LogP contribution in [0.4, 0.5) is 11.4 Å². The molecule has 0 fully saturated rings. The van der Waals surface area contributed by atoms with Gasteiger partial charge in [0.2, 0.25) is 0 Å². The zero-order valence-electron chi connectivity index (χ0n) is 28.6. The predicted molar refractivity (Wildman–Crippen MR) is 187 cm³/mol. The summed E-state index contributed by atoms with van der Waals surface area (Å²) < 4.78 is 0. The fourth-order valence-corrected chi connectivity index (χ4v) is 4.70. The predicted octanol–water partition coefficient (Wildman–Crippen LogP) is 12.9. The average molecular weight is 658 g/mol. The Balaban J connectivity index is 0.00000281. The summed E-state index contributed by atoms with van der Waals surface area (Å²) in [6.45, 7) is 32.8. The first-order valence-corrected chi connectivity index (χ1v) is 18.3. The van der Waals surface area contributed by atoms with E-state index in [1.807, 2.05) is 0 Å². The van der Waals surface area contributed by atoms with E-state index in [0.29, 0.717) is 36.8 Å². The van der Waals surface area contributed by atoms with E-state index >= 15 is 0 Å². The second-order valence-corrected chi connectivity index (χ2v) is 16.2. The standard InChI is InChI=1S/C36H56N3.2ClH.Fe/c1-23(2)27-17-15-18-28(24(3)4)33(27)38-31(35(9,10)11)21-37-22-32(36(12,13)14)39-34-29(25(5)6)19-16-20-30(34)26(7)8;;;/h15-20,23-26H,21-22H2,1-14H3;2*1H;/q-1;;;+3/p-2. The van der Waals surface area contributed by atoms with Gasteiger partial charge in [-0.2, -0.15) is 0 Å². The van der Waals surface area contributed by atoms with E-state index in [-0.39, 0.29) is 24.0 Å². The fourth-order valence-electron chi connectivity index (χ4n) is 4.70. The van der Waals surface area contributed by atoms with E-state index in [1.54, 1.807) is 0 Å². The third-order valence-electron chi connectivity index (χ3n) is 7.43. The SMILES string of the molecule is CC(C)c1cccc(C(C)C)c1N=C(C[N-]CC(=Nc1c(C(C)C)cccc1C(C)C)C(C)(C)C)C(C)(C)C.[Cl][Fe+][Cl]. The normalized spacial score (nSPS) is 13.3. The molecule has 0 aliphatic carbocycles. The van der Waals surface area contributed by atoms with Gasteiger partial charge in [0, 0.05) is 11.4 Å². The van der Waals surface area contributed by atoms with Crippen molar-refractivity contribution < 1.29 is 13.1 Å². The molecule has 42 heavy (non-hydrogen) atoms. The Kier molecular flexibility index (Phi) is 16.1. The molecule has 0 aliphatic rings. The molecule has 0 unspecified atom stereocenters. The van der Waals surface area contributed by atoms with Crippen molar-refractivity contribution in [1.82, 2.24) is 0 Å². The Labute approximate surface area is 273 Å². The first-order valence-electron chi connectivity index (χ1n) is 15.3. The number of rotatable bonds is 10. The van der Waals surface area contributed by atoms with Gasteiger partial charge in [0.1, 0.15) is 0 Å². The summed E-state index contributed by atoms with van der Waals surface area (Å²) in [7, 11) is 9.53. The first kappa shape index (κ1) is 38.9. The Bertz CT molecular complexity index is 1040. The third kappa shape index (κ3) is 11.7. The van der Waals surface area contributed by atoms with Crippen molar-refractivity contribution in [2.24, 2.45) is 20.8 Å². The summed E-state index contributed by atoms with van der Waals surface area (Å²) in [4.78, 5) is 10.7. The van der Waals surface area contributed by atoms with Crippen LogP contribution in [-0.2, 0) is 13.1 Å². The number of benzene rings is 2. The number of halogens is 2. The van der Waals surface area contributed by atoms with E-state index < -0.39 is 0 Å². The Morgan fingerprint density at radius 3 is 1.02 bits per heavy atom. The van der Waals surface area contributed by atoms with Gasteiger partial charge in [0.15, 0.2) is 0 Å². The molecule has 0 spiro atoms. The summed E-state index contributed by atoms with van der Waals surface area (Å²) in [6, 6.07) is 13.3. The van der Waals surface area contributed by atoms with Gasteiger partial charge in [0.05, 0.1) is 11.4 Å². The fraction of sp³-hybridized carbons (Fsp3) is 0.611. The van der Waals surface area contributed by atoms with Crippen LogP contribution < -0.4 is 0 Å². The van der Waals surface area contributed by atoms with Crippen LogP contribution in [0, 0.1) is 10.8 Å². The maximum atomic E-state index is 5.37. The molecule has 0 N–H and O–H groups in total. The number of hydrogen-bond donors (Lipinski definition) is 0. The van der Waals surface area contributed by atoms with E-state index in [9.17, 15) is 0 Å². The van der Waals surface area contributed by atoms with Gasteiger partial charge in [-0.25, -0.2) is 0 Å². The molecule has 0 bridgehead atoms. The van der Waals surface area contributed by atoms with Crippen LogP contribution in [-0.4, -0.2) is 24.5 Å². The molecule has 0 amide bonds. The molecule has 2 aromatic rings. The zero-order chi connectivity index (χ0) is 32.4. The van der Waals surface area contributed by atoms with Crippen molar-refractivity contribution in [3.05, 3.63) is 64.0 Å². The van der Waals surface area contributed by atoms with E-state index in [4.69, 9.17) is 35.5 Å². The molecule has 237 valence electrons. The number of aliphatic imine (C=N–C) groups is 2. The van der Waals surface area contributed by atoms with Crippen molar-refractivity contribution in [2.75, 3.05) is 13.1 Å². The molecular formula is C36H56Cl2FeN3. The number of nitrogens with zero attached hydrogens (tertiary/aromatic N) is 3. The molecule has 0 heterocycles. The molecule has 0 atom stereocenters. The number of hydrogen-bond acceptors (Lipinski definition) is 2. The maximum absolute atomic E-state index is 5.37. The van der Waals surface area contributed by atoms with Crippen LogP contribution in [0.3, 0.4) is 0 Å². The van der Waals surface area contributed by atoms with Crippen molar-refractivity contribution in [3.63, 3.8) is 0 Å². The van der Waals surface area contributed by atoms with E-state index in [2.05, 4.69) is 133 Å². The van der Waals surface area contributed by atoms with Crippen LogP contribution >= 0.6 is 20.2 Å². The summed E-state index contributed by atoms with van der Waals surface area (Å²) in [6.07, 6.45) is 0. The minimum atomic E-state index is -0.0874. The molecule has 0 saturated heterocycles. The molecule has 0 saturated carbocycles. The molecule has 0 radical (unpaired) electrons. The van der Waals surface area contributed by atoms with Crippen molar-refractivity contribution >= 4 is 43.0 Å². The molecular weight excluding hydrogens is 601 g/mol. The molecule has 2 rings (SSSR count). The minimum absolute atomic E-state index is 0.0874. The summed E-state index contributed by atoms with van der Waals surface area (Å²) in [5.41, 5.74) is 9.59. The molecule has 3 nitrogen and oxygen atoms in total. The Hall–Kier alpha value is -1.16. The monoisotopic (exact) mass is 656 g/mol. The molecule has 2 aromatic carbocycles. The van der Waals surface area contributed by atoms with Crippen LogP contribution in [0.2, 0.25) is 0 Å². The van der Waals surface area contributed by atoms with Crippen LogP contribution in [0.5, 0.6) is 0 Å².